The Hall–Kier alpha value is -1.47. The maximum atomic E-state index is 13.3. The molecule has 0 aromatic rings. The highest BCUT2D eigenvalue weighted by molar-refractivity contribution is 5.94. The van der Waals surface area contributed by atoms with Crippen molar-refractivity contribution in [2.45, 2.75) is 91.0 Å². The van der Waals surface area contributed by atoms with Crippen molar-refractivity contribution in [2.24, 2.45) is 5.41 Å². The van der Waals surface area contributed by atoms with Gasteiger partial charge in [0.15, 0.2) is 5.78 Å². The average molecular weight is 396 g/mol. The summed E-state index contributed by atoms with van der Waals surface area (Å²) in [5, 5.41) is 12.8. The molecule has 2 saturated heterocycles. The van der Waals surface area contributed by atoms with Crippen molar-refractivity contribution in [3.63, 3.8) is 0 Å². The van der Waals surface area contributed by atoms with Crippen molar-refractivity contribution in [3.05, 3.63) is 0 Å². The number of hydrogen-bond acceptors (Lipinski definition) is 5. The molecule has 28 heavy (non-hydrogen) atoms. The van der Waals surface area contributed by atoms with Gasteiger partial charge >= 0.3 is 0 Å². The number of carbonyl (C=O) groups excluding carboxylic acids is 3. The molecule has 3 atom stereocenters. The molecule has 0 bridgehead atoms. The van der Waals surface area contributed by atoms with Gasteiger partial charge in [-0.25, -0.2) is 0 Å². The molecule has 2 heterocycles. The van der Waals surface area contributed by atoms with Crippen molar-refractivity contribution in [3.8, 4) is 0 Å². The largest absolute Gasteiger partial charge is 0.391 e. The summed E-state index contributed by atoms with van der Waals surface area (Å²) in [7, 11) is 0. The van der Waals surface area contributed by atoms with Crippen molar-refractivity contribution in [1.29, 1.82) is 0 Å². The van der Waals surface area contributed by atoms with E-state index >= 15 is 0 Å². The SMILES string of the molecule is CCC(C)(C)N1CCCC1C(=O)N1CC(O)CC1C(=O)NCC(=O)C(C)(C)C. The number of rotatable bonds is 6. The van der Waals surface area contributed by atoms with Gasteiger partial charge in [-0.2, -0.15) is 0 Å². The highest BCUT2D eigenvalue weighted by Gasteiger charge is 2.46. The van der Waals surface area contributed by atoms with E-state index in [-0.39, 0.29) is 48.7 Å². The maximum Gasteiger partial charge on any atom is 0.243 e. The molecule has 2 rings (SSSR count). The first-order valence-corrected chi connectivity index (χ1v) is 10.4. The number of ketones is 1. The Labute approximate surface area is 168 Å². The van der Waals surface area contributed by atoms with Crippen LogP contribution in [0.5, 0.6) is 0 Å². The van der Waals surface area contributed by atoms with E-state index in [2.05, 4.69) is 31.0 Å². The van der Waals surface area contributed by atoms with E-state index < -0.39 is 17.6 Å². The number of nitrogens with one attached hydrogen (secondary N) is 1. The molecule has 0 radical (unpaired) electrons. The quantitative estimate of drug-likeness (QED) is 0.708. The lowest BCUT2D eigenvalue weighted by atomic mass is 9.91. The van der Waals surface area contributed by atoms with Gasteiger partial charge in [0.2, 0.25) is 11.8 Å². The van der Waals surface area contributed by atoms with Crippen LogP contribution in [-0.4, -0.2) is 75.9 Å². The van der Waals surface area contributed by atoms with Crippen LogP contribution in [0.1, 0.15) is 67.2 Å². The molecule has 7 heteroatoms. The highest BCUT2D eigenvalue weighted by Crippen LogP contribution is 2.31. The molecule has 2 aliphatic heterocycles. The van der Waals surface area contributed by atoms with Gasteiger partial charge in [-0.1, -0.05) is 27.7 Å². The third-order valence-corrected chi connectivity index (χ3v) is 6.31. The summed E-state index contributed by atoms with van der Waals surface area (Å²) in [4.78, 5) is 41.9. The van der Waals surface area contributed by atoms with Crippen LogP contribution in [-0.2, 0) is 14.4 Å². The van der Waals surface area contributed by atoms with E-state index in [0.717, 1.165) is 25.8 Å². The summed E-state index contributed by atoms with van der Waals surface area (Å²) in [6.45, 7) is 12.8. The smallest absolute Gasteiger partial charge is 0.243 e. The summed E-state index contributed by atoms with van der Waals surface area (Å²) in [6, 6.07) is -0.978. The van der Waals surface area contributed by atoms with E-state index in [1.165, 1.54) is 4.90 Å². The van der Waals surface area contributed by atoms with E-state index in [0.29, 0.717) is 0 Å². The molecule has 3 unspecified atom stereocenters. The van der Waals surface area contributed by atoms with Crippen LogP contribution in [0.3, 0.4) is 0 Å². The fraction of sp³-hybridized carbons (Fsp3) is 0.857. The van der Waals surface area contributed by atoms with E-state index in [9.17, 15) is 19.5 Å². The van der Waals surface area contributed by atoms with Gasteiger partial charge < -0.3 is 15.3 Å². The van der Waals surface area contributed by atoms with Gasteiger partial charge in [-0.05, 0) is 39.7 Å². The fourth-order valence-corrected chi connectivity index (χ4v) is 4.00. The number of hydrogen-bond donors (Lipinski definition) is 2. The van der Waals surface area contributed by atoms with Crippen molar-refractivity contribution >= 4 is 17.6 Å². The highest BCUT2D eigenvalue weighted by atomic mass is 16.3. The van der Waals surface area contributed by atoms with Crippen LogP contribution in [0.15, 0.2) is 0 Å². The van der Waals surface area contributed by atoms with Gasteiger partial charge in [0, 0.05) is 23.9 Å². The minimum Gasteiger partial charge on any atom is -0.391 e. The molecule has 2 fully saturated rings. The van der Waals surface area contributed by atoms with Gasteiger partial charge in [-0.15, -0.1) is 0 Å². The van der Waals surface area contributed by atoms with Crippen LogP contribution in [0, 0.1) is 5.41 Å². The molecule has 160 valence electrons. The van der Waals surface area contributed by atoms with Crippen LogP contribution < -0.4 is 5.32 Å². The Morgan fingerprint density at radius 3 is 2.32 bits per heavy atom. The zero-order valence-corrected chi connectivity index (χ0v) is 18.2. The molecular formula is C21H37N3O4. The molecule has 2 N–H and O–H groups in total. The first-order valence-electron chi connectivity index (χ1n) is 10.4. The van der Waals surface area contributed by atoms with Gasteiger partial charge in [0.25, 0.3) is 0 Å². The lowest BCUT2D eigenvalue weighted by Gasteiger charge is -2.40. The number of amides is 2. The summed E-state index contributed by atoms with van der Waals surface area (Å²) in [5.41, 5.74) is -0.625. The summed E-state index contributed by atoms with van der Waals surface area (Å²) >= 11 is 0. The lowest BCUT2D eigenvalue weighted by molar-refractivity contribution is -0.143. The third-order valence-electron chi connectivity index (χ3n) is 6.31. The molecule has 0 spiro atoms. The number of β-amino-alcohol motifs (C(OH)–C–C–N with tert-alkyl or cyclic N) is 1. The number of aliphatic hydroxyl groups excluding tert-OH is 1. The molecule has 0 aromatic heterocycles. The Kier molecular flexibility index (Phi) is 6.92. The van der Waals surface area contributed by atoms with Crippen molar-refractivity contribution in [2.75, 3.05) is 19.6 Å². The molecule has 0 aromatic carbocycles. The minimum absolute atomic E-state index is 0.0601. The minimum atomic E-state index is -0.720. The van der Waals surface area contributed by atoms with Crippen LogP contribution in [0.4, 0.5) is 0 Å². The second kappa shape index (κ2) is 8.49. The number of carbonyl (C=O) groups is 3. The second-order valence-corrected chi connectivity index (χ2v) is 9.80. The normalized spacial score (nSPS) is 26.5. The topological polar surface area (TPSA) is 89.9 Å². The number of Topliss-reactive ketones (excluding diaryl/α,β-unsaturated/α-hetero) is 1. The predicted octanol–water partition coefficient (Wildman–Crippen LogP) is 1.33. The summed E-state index contributed by atoms with van der Waals surface area (Å²) < 4.78 is 0. The van der Waals surface area contributed by atoms with E-state index in [1.807, 2.05) is 0 Å². The second-order valence-electron chi connectivity index (χ2n) is 9.80. The van der Waals surface area contributed by atoms with Crippen LogP contribution >= 0.6 is 0 Å². The Morgan fingerprint density at radius 1 is 1.11 bits per heavy atom. The zero-order chi connectivity index (χ0) is 21.3. The van der Waals surface area contributed by atoms with E-state index in [1.54, 1.807) is 20.8 Å². The molecule has 2 amide bonds. The third kappa shape index (κ3) is 4.92. The van der Waals surface area contributed by atoms with Crippen LogP contribution in [0.2, 0.25) is 0 Å². The Balaban J connectivity index is 2.09. The average Bonchev–Trinajstić information content (AvgIpc) is 3.25. The Morgan fingerprint density at radius 2 is 1.75 bits per heavy atom. The predicted molar refractivity (Wildman–Crippen MR) is 108 cm³/mol. The standard InChI is InChI=1S/C21H37N3O4/c1-7-21(5,6)24-10-8-9-15(24)19(28)23-13-14(25)11-16(23)18(27)22-12-17(26)20(2,3)4/h14-16,25H,7-13H2,1-6H3,(H,22,27). The summed E-state index contributed by atoms with van der Waals surface area (Å²) in [6.07, 6.45) is 2.15. The molecule has 7 nitrogen and oxygen atoms in total. The summed E-state index contributed by atoms with van der Waals surface area (Å²) in [5.74, 6) is -0.511. The molecular weight excluding hydrogens is 358 g/mol. The first kappa shape index (κ1) is 22.8. The van der Waals surface area contributed by atoms with Crippen molar-refractivity contribution in [1.82, 2.24) is 15.1 Å². The van der Waals surface area contributed by atoms with E-state index in [4.69, 9.17) is 0 Å². The maximum absolute atomic E-state index is 13.3. The lowest BCUT2D eigenvalue weighted by Crippen LogP contribution is -2.56. The number of aliphatic hydroxyl groups is 1. The zero-order valence-electron chi connectivity index (χ0n) is 18.2. The molecule has 0 saturated carbocycles. The number of likely N-dealkylation sites (tertiary alicyclic amines) is 2. The Bertz CT molecular complexity index is 611. The monoisotopic (exact) mass is 395 g/mol. The van der Waals surface area contributed by atoms with Gasteiger partial charge in [0.1, 0.15) is 6.04 Å². The number of nitrogens with zero attached hydrogens (tertiary/aromatic N) is 2. The molecule has 2 aliphatic rings. The van der Waals surface area contributed by atoms with Gasteiger partial charge in [-0.3, -0.25) is 19.3 Å². The van der Waals surface area contributed by atoms with Crippen molar-refractivity contribution < 1.29 is 19.5 Å². The van der Waals surface area contributed by atoms with Crippen LogP contribution in [0.25, 0.3) is 0 Å². The van der Waals surface area contributed by atoms with Gasteiger partial charge in [0.05, 0.1) is 18.7 Å². The first-order chi connectivity index (χ1) is 12.9. The fourth-order valence-electron chi connectivity index (χ4n) is 4.00. The molecule has 0 aliphatic carbocycles.